The fraction of sp³-hybridized carbons (Fsp3) is 0.200. The third kappa shape index (κ3) is 2.44. The van der Waals surface area contributed by atoms with Crippen LogP contribution in [0.5, 0.6) is 5.75 Å². The van der Waals surface area contributed by atoms with Gasteiger partial charge in [0.25, 0.3) is 0 Å². The fourth-order valence-electron chi connectivity index (χ4n) is 2.42. The van der Waals surface area contributed by atoms with Crippen LogP contribution in [0.3, 0.4) is 0 Å². The second-order valence-corrected chi connectivity index (χ2v) is 5.13. The van der Waals surface area contributed by atoms with E-state index in [9.17, 15) is 4.39 Å². The number of para-hydroxylation sites is 1. The summed E-state index contributed by atoms with van der Waals surface area (Å²) < 4.78 is 19.3. The summed E-state index contributed by atoms with van der Waals surface area (Å²) in [6, 6.07) is 12.0. The van der Waals surface area contributed by atoms with Gasteiger partial charge in [-0.1, -0.05) is 29.8 Å². The van der Waals surface area contributed by atoms with Gasteiger partial charge in [0, 0.05) is 23.0 Å². The zero-order chi connectivity index (χ0) is 13.4. The van der Waals surface area contributed by atoms with Crippen LogP contribution >= 0.6 is 11.6 Å². The van der Waals surface area contributed by atoms with Crippen LogP contribution in [0.1, 0.15) is 29.7 Å². The molecule has 2 N–H and O–H groups in total. The van der Waals surface area contributed by atoms with Crippen LogP contribution in [0.2, 0.25) is 5.02 Å². The van der Waals surface area contributed by atoms with Crippen LogP contribution in [0.4, 0.5) is 4.39 Å². The SMILES string of the molecule is NC1CC(c2cc(F)cc(Cl)c2)Oc2ccccc21. The summed E-state index contributed by atoms with van der Waals surface area (Å²) in [6.45, 7) is 0. The van der Waals surface area contributed by atoms with Gasteiger partial charge in [0.15, 0.2) is 0 Å². The van der Waals surface area contributed by atoms with Gasteiger partial charge in [0.1, 0.15) is 17.7 Å². The van der Waals surface area contributed by atoms with Gasteiger partial charge in [-0.15, -0.1) is 0 Å². The highest BCUT2D eigenvalue weighted by molar-refractivity contribution is 6.30. The first-order chi connectivity index (χ1) is 9.13. The third-order valence-corrected chi connectivity index (χ3v) is 3.53. The highest BCUT2D eigenvalue weighted by atomic mass is 35.5. The van der Waals surface area contributed by atoms with E-state index in [0.717, 1.165) is 16.9 Å². The molecular weight excluding hydrogens is 265 g/mol. The van der Waals surface area contributed by atoms with Gasteiger partial charge in [-0.05, 0) is 29.8 Å². The lowest BCUT2D eigenvalue weighted by Crippen LogP contribution is -2.24. The lowest BCUT2D eigenvalue weighted by atomic mass is 9.93. The van der Waals surface area contributed by atoms with Crippen LogP contribution in [0.25, 0.3) is 0 Å². The topological polar surface area (TPSA) is 35.2 Å². The molecule has 2 nitrogen and oxygen atoms in total. The Morgan fingerprint density at radius 1 is 1.21 bits per heavy atom. The highest BCUT2D eigenvalue weighted by Crippen LogP contribution is 2.39. The van der Waals surface area contributed by atoms with E-state index in [1.165, 1.54) is 12.1 Å². The van der Waals surface area contributed by atoms with Crippen molar-refractivity contribution in [3.63, 3.8) is 0 Å². The number of hydrogen-bond acceptors (Lipinski definition) is 2. The summed E-state index contributed by atoms with van der Waals surface area (Å²) in [7, 11) is 0. The molecule has 0 aromatic heterocycles. The van der Waals surface area contributed by atoms with E-state index in [1.54, 1.807) is 6.07 Å². The second-order valence-electron chi connectivity index (χ2n) is 4.69. The molecule has 2 aromatic rings. The Hall–Kier alpha value is -1.58. The van der Waals surface area contributed by atoms with E-state index >= 15 is 0 Å². The maximum Gasteiger partial charge on any atom is 0.126 e. The van der Waals surface area contributed by atoms with Crippen molar-refractivity contribution in [2.75, 3.05) is 0 Å². The summed E-state index contributed by atoms with van der Waals surface area (Å²) >= 11 is 5.88. The molecule has 0 radical (unpaired) electrons. The summed E-state index contributed by atoms with van der Waals surface area (Å²) in [5, 5.41) is 0.367. The Kier molecular flexibility index (Phi) is 3.17. The molecule has 0 aliphatic carbocycles. The zero-order valence-corrected chi connectivity index (χ0v) is 10.9. The standard InChI is InChI=1S/C15H13ClFNO/c16-10-5-9(6-11(17)7-10)15-8-13(18)12-3-1-2-4-14(12)19-15/h1-7,13,15H,8,18H2. The molecule has 0 bridgehead atoms. The molecule has 1 heterocycles. The highest BCUT2D eigenvalue weighted by Gasteiger charge is 2.27. The summed E-state index contributed by atoms with van der Waals surface area (Å²) in [5.41, 5.74) is 7.85. The third-order valence-electron chi connectivity index (χ3n) is 3.31. The quantitative estimate of drug-likeness (QED) is 0.855. The molecule has 1 aliphatic rings. The van der Waals surface area contributed by atoms with Gasteiger partial charge >= 0.3 is 0 Å². The Morgan fingerprint density at radius 2 is 2.00 bits per heavy atom. The molecule has 98 valence electrons. The first-order valence-corrected chi connectivity index (χ1v) is 6.48. The van der Waals surface area contributed by atoms with Crippen LogP contribution in [-0.4, -0.2) is 0 Å². The Bertz CT molecular complexity index is 597. The van der Waals surface area contributed by atoms with Crippen molar-refractivity contribution in [1.82, 2.24) is 0 Å². The molecule has 4 heteroatoms. The summed E-state index contributed by atoms with van der Waals surface area (Å²) in [6.07, 6.45) is 0.342. The lowest BCUT2D eigenvalue weighted by molar-refractivity contribution is 0.161. The fourth-order valence-corrected chi connectivity index (χ4v) is 2.65. The normalized spacial score (nSPS) is 21.6. The van der Waals surface area contributed by atoms with E-state index in [0.29, 0.717) is 11.4 Å². The molecule has 0 fully saturated rings. The van der Waals surface area contributed by atoms with Crippen LogP contribution in [0.15, 0.2) is 42.5 Å². The van der Waals surface area contributed by atoms with Gasteiger partial charge in [0.05, 0.1) is 0 Å². The van der Waals surface area contributed by atoms with Crippen molar-refractivity contribution in [2.24, 2.45) is 5.73 Å². The average Bonchev–Trinajstić information content (AvgIpc) is 2.37. The Morgan fingerprint density at radius 3 is 2.79 bits per heavy atom. The number of benzene rings is 2. The van der Waals surface area contributed by atoms with Gasteiger partial charge in [-0.25, -0.2) is 4.39 Å². The average molecular weight is 278 g/mol. The van der Waals surface area contributed by atoms with Gasteiger partial charge < -0.3 is 10.5 Å². The number of nitrogens with two attached hydrogens (primary N) is 1. The van der Waals surface area contributed by atoms with Crippen molar-refractivity contribution in [3.8, 4) is 5.75 Å². The second kappa shape index (κ2) is 4.83. The Labute approximate surface area is 115 Å². The predicted molar refractivity (Wildman–Crippen MR) is 72.8 cm³/mol. The van der Waals surface area contributed by atoms with Crippen LogP contribution < -0.4 is 10.5 Å². The molecule has 1 aliphatic heterocycles. The zero-order valence-electron chi connectivity index (χ0n) is 10.1. The van der Waals surface area contributed by atoms with Gasteiger partial charge in [-0.2, -0.15) is 0 Å². The van der Waals surface area contributed by atoms with Crippen molar-refractivity contribution < 1.29 is 9.13 Å². The van der Waals surface area contributed by atoms with Crippen molar-refractivity contribution in [3.05, 3.63) is 64.4 Å². The van der Waals surface area contributed by atoms with E-state index in [1.807, 2.05) is 24.3 Å². The minimum Gasteiger partial charge on any atom is -0.485 e. The molecule has 2 unspecified atom stereocenters. The smallest absolute Gasteiger partial charge is 0.126 e. The first-order valence-electron chi connectivity index (χ1n) is 6.10. The molecule has 0 saturated carbocycles. The Balaban J connectivity index is 1.96. The van der Waals surface area contributed by atoms with E-state index < -0.39 is 0 Å². The largest absolute Gasteiger partial charge is 0.485 e. The van der Waals surface area contributed by atoms with Crippen molar-refractivity contribution >= 4 is 11.6 Å². The van der Waals surface area contributed by atoms with Gasteiger partial charge in [-0.3, -0.25) is 0 Å². The van der Waals surface area contributed by atoms with E-state index in [4.69, 9.17) is 22.1 Å². The summed E-state index contributed by atoms with van der Waals surface area (Å²) in [5.74, 6) is 0.394. The molecule has 3 rings (SSSR count). The monoisotopic (exact) mass is 277 g/mol. The molecule has 2 atom stereocenters. The summed E-state index contributed by atoms with van der Waals surface area (Å²) in [4.78, 5) is 0. The maximum atomic E-state index is 13.4. The molecule has 0 amide bonds. The molecule has 19 heavy (non-hydrogen) atoms. The number of ether oxygens (including phenoxy) is 1. The molecule has 0 saturated heterocycles. The first kappa shape index (κ1) is 12.5. The van der Waals surface area contributed by atoms with E-state index in [2.05, 4.69) is 0 Å². The maximum absolute atomic E-state index is 13.4. The molecule has 0 spiro atoms. The van der Waals surface area contributed by atoms with Crippen LogP contribution in [0, 0.1) is 5.82 Å². The molecule has 2 aromatic carbocycles. The molecular formula is C15H13ClFNO. The predicted octanol–water partition coefficient (Wildman–Crippen LogP) is 4.00. The minimum atomic E-state index is -0.362. The van der Waals surface area contributed by atoms with Gasteiger partial charge in [0.2, 0.25) is 0 Å². The van der Waals surface area contributed by atoms with E-state index in [-0.39, 0.29) is 18.0 Å². The number of halogens is 2. The van der Waals surface area contributed by atoms with Crippen molar-refractivity contribution in [1.29, 1.82) is 0 Å². The van der Waals surface area contributed by atoms with Crippen molar-refractivity contribution in [2.45, 2.75) is 18.6 Å². The lowest BCUT2D eigenvalue weighted by Gasteiger charge is -2.30. The minimum absolute atomic E-state index is 0.114. The number of fused-ring (bicyclic) bond motifs is 1. The van der Waals surface area contributed by atoms with Crippen LogP contribution in [-0.2, 0) is 0 Å². The number of hydrogen-bond donors (Lipinski definition) is 1. The number of rotatable bonds is 1.